The van der Waals surface area contributed by atoms with E-state index in [0.717, 1.165) is 24.2 Å². The molecular weight excluding hydrogens is 334 g/mol. The van der Waals surface area contributed by atoms with Gasteiger partial charge < -0.3 is 20.0 Å². The molecule has 3 rings (SSSR count). The average Bonchev–Trinajstić information content (AvgIpc) is 3.03. The molecule has 26 heavy (non-hydrogen) atoms. The van der Waals surface area contributed by atoms with Crippen molar-refractivity contribution in [2.75, 3.05) is 6.61 Å². The van der Waals surface area contributed by atoms with Crippen LogP contribution < -0.4 is 5.90 Å². The second-order valence-corrected chi connectivity index (χ2v) is 5.75. The van der Waals surface area contributed by atoms with Gasteiger partial charge in [0.1, 0.15) is 5.82 Å². The van der Waals surface area contributed by atoms with Gasteiger partial charge in [0.2, 0.25) is 0 Å². The van der Waals surface area contributed by atoms with Gasteiger partial charge in [-0.25, -0.2) is 15.7 Å². The number of benzene rings is 2. The molecule has 1 aromatic heterocycles. The maximum Gasteiger partial charge on any atom is 0.335 e. The predicted octanol–water partition coefficient (Wildman–Crippen LogP) is 2.24. The highest BCUT2D eigenvalue weighted by Gasteiger charge is 2.13. The molecular formula is C19H23N3O4. The zero-order valence-corrected chi connectivity index (χ0v) is 14.4. The Hall–Kier alpha value is -2.74. The van der Waals surface area contributed by atoms with Crippen LogP contribution in [0.2, 0.25) is 0 Å². The number of carboxylic acids is 1. The SMILES string of the molecule is NO.O=C(O)c1ccc2c(c1)nc(CCc1ccccc1)n2CCCO. The summed E-state index contributed by atoms with van der Waals surface area (Å²) in [5.74, 6) is 3.47. The first-order chi connectivity index (χ1) is 12.7. The minimum absolute atomic E-state index is 0.116. The minimum Gasteiger partial charge on any atom is -0.478 e. The van der Waals surface area contributed by atoms with E-state index >= 15 is 0 Å². The number of aliphatic hydroxyl groups is 1. The molecule has 1 heterocycles. The topological polar surface area (TPSA) is 122 Å². The zero-order valence-electron chi connectivity index (χ0n) is 14.4. The number of rotatable bonds is 7. The number of carboxylic acid groups (broad SMARTS) is 1. The number of aliphatic hydroxyl groups excluding tert-OH is 1. The van der Waals surface area contributed by atoms with E-state index in [0.29, 0.717) is 18.5 Å². The van der Waals surface area contributed by atoms with Gasteiger partial charge in [-0.15, -0.1) is 0 Å². The van der Waals surface area contributed by atoms with Crippen molar-refractivity contribution in [1.82, 2.24) is 9.55 Å². The van der Waals surface area contributed by atoms with E-state index in [9.17, 15) is 4.79 Å². The van der Waals surface area contributed by atoms with E-state index in [4.69, 9.17) is 15.4 Å². The van der Waals surface area contributed by atoms with Gasteiger partial charge in [0.15, 0.2) is 0 Å². The van der Waals surface area contributed by atoms with E-state index in [1.165, 1.54) is 5.56 Å². The molecule has 0 aliphatic carbocycles. The lowest BCUT2D eigenvalue weighted by Crippen LogP contribution is -2.07. The summed E-state index contributed by atoms with van der Waals surface area (Å²) in [5.41, 5.74) is 3.08. The third-order valence-electron chi connectivity index (χ3n) is 4.09. The van der Waals surface area contributed by atoms with Crippen molar-refractivity contribution < 1.29 is 20.2 Å². The van der Waals surface area contributed by atoms with Crippen molar-refractivity contribution in [3.8, 4) is 0 Å². The largest absolute Gasteiger partial charge is 0.478 e. The Labute approximate surface area is 151 Å². The number of hydrogen-bond acceptors (Lipinski definition) is 5. The van der Waals surface area contributed by atoms with Crippen molar-refractivity contribution in [2.24, 2.45) is 5.90 Å². The molecule has 3 aromatic rings. The lowest BCUT2D eigenvalue weighted by atomic mass is 10.1. The average molecular weight is 357 g/mol. The van der Waals surface area contributed by atoms with E-state index in [-0.39, 0.29) is 12.2 Å². The third kappa shape index (κ3) is 4.66. The standard InChI is InChI=1S/C19H20N2O3.H3NO/c22-12-4-11-21-17-9-8-15(19(23)24)13-16(17)20-18(21)10-7-14-5-2-1-3-6-14;1-2/h1-3,5-6,8-9,13,22H,4,7,10-12H2,(H,23,24);2H,1H2. The number of hydrogen-bond donors (Lipinski definition) is 4. The summed E-state index contributed by atoms with van der Waals surface area (Å²) >= 11 is 0. The van der Waals surface area contributed by atoms with Crippen LogP contribution in [0.1, 0.15) is 28.2 Å². The van der Waals surface area contributed by atoms with Crippen LogP contribution in [0.15, 0.2) is 48.5 Å². The molecule has 0 amide bonds. The van der Waals surface area contributed by atoms with Gasteiger partial charge in [0, 0.05) is 19.6 Å². The number of nitrogens with two attached hydrogens (primary N) is 1. The highest BCUT2D eigenvalue weighted by atomic mass is 16.4. The molecule has 5 N–H and O–H groups in total. The first-order valence-electron chi connectivity index (χ1n) is 8.32. The summed E-state index contributed by atoms with van der Waals surface area (Å²) in [5, 5.41) is 24.8. The maximum absolute atomic E-state index is 11.2. The Kier molecular flexibility index (Phi) is 7.28. The van der Waals surface area contributed by atoms with Crippen LogP contribution >= 0.6 is 0 Å². The van der Waals surface area contributed by atoms with E-state index in [2.05, 4.69) is 27.6 Å². The van der Waals surface area contributed by atoms with Gasteiger partial charge in [0.25, 0.3) is 0 Å². The number of imidazole rings is 1. The summed E-state index contributed by atoms with van der Waals surface area (Å²) < 4.78 is 2.08. The fraction of sp³-hybridized carbons (Fsp3) is 0.263. The van der Waals surface area contributed by atoms with Crippen LogP contribution in [0.5, 0.6) is 0 Å². The number of aryl methyl sites for hydroxylation is 3. The van der Waals surface area contributed by atoms with Crippen LogP contribution in [-0.4, -0.2) is 37.5 Å². The van der Waals surface area contributed by atoms with Crippen LogP contribution in [0.3, 0.4) is 0 Å². The summed E-state index contributed by atoms with van der Waals surface area (Å²) in [6.45, 7) is 0.786. The van der Waals surface area contributed by atoms with Gasteiger partial charge in [-0.3, -0.25) is 0 Å². The first kappa shape index (κ1) is 19.6. The van der Waals surface area contributed by atoms with Gasteiger partial charge in [-0.05, 0) is 36.6 Å². The molecule has 0 atom stereocenters. The lowest BCUT2D eigenvalue weighted by Gasteiger charge is -2.08. The molecule has 2 aromatic carbocycles. The molecule has 0 saturated carbocycles. The summed E-state index contributed by atoms with van der Waals surface area (Å²) in [7, 11) is 0. The second kappa shape index (κ2) is 9.67. The van der Waals surface area contributed by atoms with Crippen molar-refractivity contribution in [3.63, 3.8) is 0 Å². The third-order valence-corrected chi connectivity index (χ3v) is 4.09. The smallest absolute Gasteiger partial charge is 0.335 e. The Morgan fingerprint density at radius 1 is 1.08 bits per heavy atom. The number of aromatic nitrogens is 2. The van der Waals surface area contributed by atoms with Gasteiger partial charge in [-0.2, -0.15) is 0 Å². The molecule has 0 spiro atoms. The molecule has 0 aliphatic heterocycles. The quantitative estimate of drug-likeness (QED) is 0.481. The highest BCUT2D eigenvalue weighted by Crippen LogP contribution is 2.20. The maximum atomic E-state index is 11.2. The first-order valence-corrected chi connectivity index (χ1v) is 8.32. The highest BCUT2D eigenvalue weighted by molar-refractivity contribution is 5.92. The number of carbonyl (C=O) groups is 1. The molecule has 0 aliphatic rings. The van der Waals surface area contributed by atoms with Gasteiger partial charge in [-0.1, -0.05) is 30.3 Å². The summed E-state index contributed by atoms with van der Waals surface area (Å²) in [4.78, 5) is 15.8. The van der Waals surface area contributed by atoms with Gasteiger partial charge >= 0.3 is 5.97 Å². The predicted molar refractivity (Wildman–Crippen MR) is 98.2 cm³/mol. The molecule has 7 nitrogen and oxygen atoms in total. The monoisotopic (exact) mass is 357 g/mol. The molecule has 138 valence electrons. The Morgan fingerprint density at radius 2 is 1.81 bits per heavy atom. The minimum atomic E-state index is -0.951. The molecule has 0 bridgehead atoms. The van der Waals surface area contributed by atoms with Crippen LogP contribution in [-0.2, 0) is 19.4 Å². The van der Waals surface area contributed by atoms with Gasteiger partial charge in [0.05, 0.1) is 16.6 Å². The Balaban J connectivity index is 0.00000117. The molecule has 0 radical (unpaired) electrons. The molecule has 0 unspecified atom stereocenters. The summed E-state index contributed by atoms with van der Waals surface area (Å²) in [6.07, 6.45) is 2.28. The van der Waals surface area contributed by atoms with Crippen LogP contribution in [0.25, 0.3) is 11.0 Å². The fourth-order valence-electron chi connectivity index (χ4n) is 2.88. The van der Waals surface area contributed by atoms with E-state index in [1.807, 2.05) is 18.2 Å². The molecule has 0 saturated heterocycles. The Bertz CT molecular complexity index is 847. The van der Waals surface area contributed by atoms with Crippen molar-refractivity contribution in [1.29, 1.82) is 0 Å². The van der Waals surface area contributed by atoms with Crippen molar-refractivity contribution >= 4 is 17.0 Å². The van der Waals surface area contributed by atoms with Crippen molar-refractivity contribution in [3.05, 3.63) is 65.5 Å². The number of nitrogens with zero attached hydrogens (tertiary/aromatic N) is 2. The second-order valence-electron chi connectivity index (χ2n) is 5.75. The lowest BCUT2D eigenvalue weighted by molar-refractivity contribution is 0.0697. The fourth-order valence-corrected chi connectivity index (χ4v) is 2.88. The summed E-state index contributed by atoms with van der Waals surface area (Å²) in [6, 6.07) is 15.2. The number of fused-ring (bicyclic) bond motifs is 1. The normalized spacial score (nSPS) is 10.4. The van der Waals surface area contributed by atoms with E-state index < -0.39 is 5.97 Å². The molecule has 7 heteroatoms. The number of aromatic carboxylic acids is 1. The van der Waals surface area contributed by atoms with E-state index in [1.54, 1.807) is 18.2 Å². The van der Waals surface area contributed by atoms with Crippen LogP contribution in [0, 0.1) is 0 Å². The molecule has 0 fully saturated rings. The Morgan fingerprint density at radius 3 is 2.46 bits per heavy atom. The zero-order chi connectivity index (χ0) is 18.9. The van der Waals surface area contributed by atoms with Crippen molar-refractivity contribution in [2.45, 2.75) is 25.8 Å². The van der Waals surface area contributed by atoms with Crippen LogP contribution in [0.4, 0.5) is 0 Å².